The number of nitrogens with zero attached hydrogens (tertiary/aromatic N) is 3. The van der Waals surface area contributed by atoms with E-state index in [1.165, 1.54) is 51.8 Å². The van der Waals surface area contributed by atoms with Crippen LogP contribution in [0.4, 0.5) is 0 Å². The minimum atomic E-state index is -0.144. The van der Waals surface area contributed by atoms with Crippen molar-refractivity contribution in [3.8, 4) is 33.9 Å². The van der Waals surface area contributed by atoms with Gasteiger partial charge in [0.05, 0.1) is 0 Å². The van der Waals surface area contributed by atoms with E-state index in [4.69, 9.17) is 15.0 Å². The van der Waals surface area contributed by atoms with E-state index in [9.17, 15) is 0 Å². The van der Waals surface area contributed by atoms with Gasteiger partial charge in [-0.3, -0.25) is 0 Å². The average molecular weight is 654 g/mol. The van der Waals surface area contributed by atoms with E-state index < -0.39 is 0 Å². The van der Waals surface area contributed by atoms with E-state index in [-0.39, 0.29) is 5.41 Å². The highest BCUT2D eigenvalue weighted by atomic mass is 32.1. The summed E-state index contributed by atoms with van der Waals surface area (Å²) >= 11 is 3.71. The Bertz CT molecular complexity index is 2540. The van der Waals surface area contributed by atoms with E-state index in [1.54, 1.807) is 0 Å². The zero-order chi connectivity index (χ0) is 32.2. The van der Waals surface area contributed by atoms with Crippen LogP contribution in [0.2, 0.25) is 0 Å². The molecule has 1 unspecified atom stereocenters. The summed E-state index contributed by atoms with van der Waals surface area (Å²) in [6.07, 6.45) is 19.4. The Morgan fingerprint density at radius 2 is 1.31 bits per heavy atom. The van der Waals surface area contributed by atoms with E-state index in [0.29, 0.717) is 11.6 Å². The normalized spacial score (nSPS) is 17.1. The highest BCUT2D eigenvalue weighted by Gasteiger charge is 2.22. The molecule has 48 heavy (non-hydrogen) atoms. The molecule has 3 aromatic heterocycles. The summed E-state index contributed by atoms with van der Waals surface area (Å²) in [5, 5.41) is 3.77. The molecule has 0 fully saturated rings. The van der Waals surface area contributed by atoms with Crippen LogP contribution in [0.3, 0.4) is 0 Å². The summed E-state index contributed by atoms with van der Waals surface area (Å²) < 4.78 is 3.78. The van der Waals surface area contributed by atoms with Gasteiger partial charge in [-0.15, -0.1) is 29.3 Å². The third-order valence-corrected chi connectivity index (χ3v) is 12.0. The average Bonchev–Trinajstić information content (AvgIpc) is 3.67. The zero-order valence-corrected chi connectivity index (χ0v) is 28.1. The van der Waals surface area contributed by atoms with Crippen LogP contribution in [0.15, 0.2) is 128 Å². The lowest BCUT2D eigenvalue weighted by Crippen LogP contribution is -2.03. The minimum Gasteiger partial charge on any atom is -0.209 e. The van der Waals surface area contributed by atoms with E-state index in [2.05, 4.69) is 123 Å². The Morgan fingerprint density at radius 3 is 2.04 bits per heavy atom. The van der Waals surface area contributed by atoms with Crippen molar-refractivity contribution in [1.82, 2.24) is 15.0 Å². The van der Waals surface area contributed by atoms with Gasteiger partial charge >= 0.3 is 0 Å². The predicted molar refractivity (Wildman–Crippen MR) is 207 cm³/mol. The number of hydrogen-bond donors (Lipinski definition) is 0. The Morgan fingerprint density at radius 1 is 0.667 bits per heavy atom. The maximum Gasteiger partial charge on any atom is 0.165 e. The van der Waals surface area contributed by atoms with Crippen LogP contribution in [0.25, 0.3) is 81.9 Å². The van der Waals surface area contributed by atoms with Crippen molar-refractivity contribution < 1.29 is 0 Å². The van der Waals surface area contributed by atoms with Crippen LogP contribution in [0.1, 0.15) is 36.0 Å². The van der Waals surface area contributed by atoms with Crippen molar-refractivity contribution in [2.75, 3.05) is 0 Å². The molecular weight excluding hydrogens is 623 g/mol. The van der Waals surface area contributed by atoms with Crippen LogP contribution in [-0.2, 0) is 0 Å². The first kappa shape index (κ1) is 29.0. The first-order chi connectivity index (χ1) is 23.6. The van der Waals surface area contributed by atoms with Crippen molar-refractivity contribution in [2.45, 2.75) is 19.8 Å². The maximum absolute atomic E-state index is 5.12. The van der Waals surface area contributed by atoms with Crippen molar-refractivity contribution >= 4 is 70.7 Å². The Labute approximate surface area is 287 Å². The number of aromatic nitrogens is 3. The standard InChI is InChI=1S/C43H31N3S2/c1-3-43(2)25-23-29-30-17-10-18-31(37(30)47-36(29)24-26-43)32-19-11-20-33-34-21-12-22-35(39(34)48-38(32)33)42-45-40(27-13-6-4-7-14-27)44-41(46-42)28-15-8-5-9-16-28/h3-8,10-15,17-26H,1,9,16H2,2H3. The Hall–Kier alpha value is -5.23. The molecule has 0 saturated carbocycles. The van der Waals surface area contributed by atoms with Crippen LogP contribution in [-0.4, -0.2) is 15.0 Å². The number of allylic oxidation sites excluding steroid dienone is 7. The maximum atomic E-state index is 5.12. The number of rotatable bonds is 5. The van der Waals surface area contributed by atoms with Crippen molar-refractivity contribution in [3.63, 3.8) is 0 Å². The lowest BCUT2D eigenvalue weighted by atomic mass is 9.90. The second kappa shape index (κ2) is 11.5. The van der Waals surface area contributed by atoms with Crippen LogP contribution >= 0.6 is 22.7 Å². The minimum absolute atomic E-state index is 0.144. The zero-order valence-electron chi connectivity index (χ0n) is 26.5. The fourth-order valence-corrected chi connectivity index (χ4v) is 9.29. The first-order valence-corrected chi connectivity index (χ1v) is 17.9. The van der Waals surface area contributed by atoms with Crippen LogP contribution in [0, 0.1) is 5.41 Å². The quantitative estimate of drug-likeness (QED) is 0.174. The van der Waals surface area contributed by atoms with Crippen LogP contribution < -0.4 is 0 Å². The molecule has 5 heteroatoms. The molecule has 9 rings (SSSR count). The van der Waals surface area contributed by atoms with Crippen molar-refractivity contribution in [2.24, 2.45) is 5.41 Å². The monoisotopic (exact) mass is 653 g/mol. The van der Waals surface area contributed by atoms with Gasteiger partial charge in [-0.05, 0) is 37.5 Å². The van der Waals surface area contributed by atoms with Gasteiger partial charge in [0.2, 0.25) is 0 Å². The molecule has 0 saturated heterocycles. The molecule has 2 aliphatic carbocycles. The smallest absolute Gasteiger partial charge is 0.165 e. The fourth-order valence-electron chi connectivity index (χ4n) is 6.73. The molecule has 2 aliphatic rings. The number of thiophene rings is 2. The third kappa shape index (κ3) is 4.81. The predicted octanol–water partition coefficient (Wildman–Crippen LogP) is 12.4. The van der Waals surface area contributed by atoms with Gasteiger partial charge in [0.15, 0.2) is 17.5 Å². The summed E-state index contributed by atoms with van der Waals surface area (Å²) in [6, 6.07) is 30.2. The molecule has 0 N–H and O–H groups in total. The van der Waals surface area contributed by atoms with E-state index in [1.807, 2.05) is 46.9 Å². The SMILES string of the molecule is C=CC1(C)C=Cc2sc3c(-c4cccc5c4sc4c(-c6nc(C7=CC=CCC7)nc(-c7ccccc7)n6)cccc45)cccc3c2C=C1. The summed E-state index contributed by atoms with van der Waals surface area (Å²) in [6.45, 7) is 6.26. The topological polar surface area (TPSA) is 38.7 Å². The van der Waals surface area contributed by atoms with Gasteiger partial charge in [0.1, 0.15) is 0 Å². The van der Waals surface area contributed by atoms with Gasteiger partial charge in [0.25, 0.3) is 0 Å². The molecule has 1 atom stereocenters. The van der Waals surface area contributed by atoms with Gasteiger partial charge in [0, 0.05) is 68.4 Å². The summed E-state index contributed by atoms with van der Waals surface area (Å²) in [5.74, 6) is 2.16. The molecule has 4 aromatic carbocycles. The molecular formula is C43H31N3S2. The van der Waals surface area contributed by atoms with Gasteiger partial charge in [-0.25, -0.2) is 15.0 Å². The molecule has 3 heterocycles. The lowest BCUT2D eigenvalue weighted by Gasteiger charge is -2.14. The Balaban J connectivity index is 1.24. The van der Waals surface area contributed by atoms with Crippen LogP contribution in [0.5, 0.6) is 0 Å². The summed E-state index contributed by atoms with van der Waals surface area (Å²) in [5.41, 5.74) is 6.83. The lowest BCUT2D eigenvalue weighted by molar-refractivity contribution is 0.728. The molecule has 0 spiro atoms. The fraction of sp³-hybridized carbons (Fsp3) is 0.0930. The molecule has 0 bridgehead atoms. The summed E-state index contributed by atoms with van der Waals surface area (Å²) in [4.78, 5) is 16.5. The molecule has 0 radical (unpaired) electrons. The largest absolute Gasteiger partial charge is 0.209 e. The third-order valence-electron chi connectivity index (χ3n) is 9.45. The second-order valence-electron chi connectivity index (χ2n) is 12.6. The Kier molecular flexibility index (Phi) is 6.92. The molecule has 0 aliphatic heterocycles. The molecule has 0 amide bonds. The summed E-state index contributed by atoms with van der Waals surface area (Å²) in [7, 11) is 0. The van der Waals surface area contributed by atoms with E-state index in [0.717, 1.165) is 35.4 Å². The molecule has 230 valence electrons. The number of fused-ring (bicyclic) bond motifs is 6. The van der Waals surface area contributed by atoms with Gasteiger partial charge < -0.3 is 0 Å². The first-order valence-electron chi connectivity index (χ1n) is 16.3. The van der Waals surface area contributed by atoms with Crippen molar-refractivity contribution in [3.05, 3.63) is 144 Å². The van der Waals surface area contributed by atoms with Gasteiger partial charge in [-0.1, -0.05) is 121 Å². The number of hydrogen-bond acceptors (Lipinski definition) is 5. The number of benzene rings is 4. The highest BCUT2D eigenvalue weighted by Crippen LogP contribution is 2.47. The highest BCUT2D eigenvalue weighted by molar-refractivity contribution is 7.27. The van der Waals surface area contributed by atoms with E-state index >= 15 is 0 Å². The molecule has 3 nitrogen and oxygen atoms in total. The second-order valence-corrected chi connectivity index (χ2v) is 14.7. The van der Waals surface area contributed by atoms with Crippen molar-refractivity contribution in [1.29, 1.82) is 0 Å². The molecule has 7 aromatic rings. The van der Waals surface area contributed by atoms with Gasteiger partial charge in [-0.2, -0.15) is 0 Å².